The Kier molecular flexibility index (Phi) is 4.35. The first-order valence-corrected chi connectivity index (χ1v) is 15.9. The lowest BCUT2D eigenvalue weighted by Gasteiger charge is -2.40. The van der Waals surface area contributed by atoms with Crippen LogP contribution >= 0.6 is 0 Å². The Morgan fingerprint density at radius 2 is 0.778 bits per heavy atom. The van der Waals surface area contributed by atoms with Gasteiger partial charge >= 0.3 is 0 Å². The van der Waals surface area contributed by atoms with Gasteiger partial charge in [-0.15, -0.1) is 0 Å². The van der Waals surface area contributed by atoms with Crippen LogP contribution in [0.5, 0.6) is 0 Å². The molecule has 0 amide bonds. The number of rotatable bonds is 1. The number of fused-ring (bicyclic) bond motifs is 12. The lowest BCUT2D eigenvalue weighted by molar-refractivity contribution is 0.774. The van der Waals surface area contributed by atoms with Gasteiger partial charge in [0.1, 0.15) is 0 Å². The van der Waals surface area contributed by atoms with Crippen LogP contribution in [0.2, 0.25) is 0 Å². The monoisotopic (exact) mass is 566 g/mol. The minimum atomic E-state index is -0.405. The molecular formula is C45H26. The van der Waals surface area contributed by atoms with E-state index in [1.807, 2.05) is 0 Å². The maximum atomic E-state index is 2.52. The van der Waals surface area contributed by atoms with Gasteiger partial charge < -0.3 is 0 Å². The highest BCUT2D eigenvalue weighted by Crippen LogP contribution is 2.62. The van der Waals surface area contributed by atoms with E-state index in [9.17, 15) is 0 Å². The van der Waals surface area contributed by atoms with Crippen LogP contribution in [-0.4, -0.2) is 0 Å². The zero-order valence-electron chi connectivity index (χ0n) is 24.5. The van der Waals surface area contributed by atoms with E-state index < -0.39 is 5.41 Å². The van der Waals surface area contributed by atoms with Gasteiger partial charge in [-0.1, -0.05) is 152 Å². The van der Waals surface area contributed by atoms with Crippen LogP contribution < -0.4 is 0 Å². The van der Waals surface area contributed by atoms with Gasteiger partial charge in [-0.3, -0.25) is 0 Å². The maximum absolute atomic E-state index is 2.52. The van der Waals surface area contributed by atoms with Crippen LogP contribution in [0.3, 0.4) is 0 Å². The van der Waals surface area contributed by atoms with Gasteiger partial charge in [-0.25, -0.2) is 0 Å². The molecule has 3 aliphatic carbocycles. The van der Waals surface area contributed by atoms with Gasteiger partial charge in [0.15, 0.2) is 0 Å². The molecule has 8 aromatic rings. The smallest absolute Gasteiger partial charge is 0.0619 e. The molecule has 0 fully saturated rings. The Morgan fingerprint density at radius 1 is 0.289 bits per heavy atom. The first-order valence-electron chi connectivity index (χ1n) is 15.9. The fraction of sp³-hybridized carbons (Fsp3) is 0.0222. The third-order valence-corrected chi connectivity index (χ3v) is 10.8. The quantitative estimate of drug-likeness (QED) is 0.185. The molecule has 0 heteroatoms. The van der Waals surface area contributed by atoms with E-state index in [0.29, 0.717) is 0 Å². The third kappa shape index (κ3) is 2.75. The Bertz CT molecular complexity index is 2520. The summed E-state index contributed by atoms with van der Waals surface area (Å²) in [6, 6.07) is 59.5. The zero-order chi connectivity index (χ0) is 29.3. The second-order valence-corrected chi connectivity index (χ2v) is 12.7. The van der Waals surface area contributed by atoms with Gasteiger partial charge in [-0.05, 0) is 105 Å². The van der Waals surface area contributed by atoms with E-state index in [0.717, 1.165) is 0 Å². The summed E-state index contributed by atoms with van der Waals surface area (Å²) >= 11 is 0. The predicted molar refractivity (Wildman–Crippen MR) is 188 cm³/mol. The second kappa shape index (κ2) is 8.25. The van der Waals surface area contributed by atoms with E-state index in [-0.39, 0.29) is 0 Å². The molecule has 0 nitrogen and oxygen atoms in total. The van der Waals surface area contributed by atoms with E-state index in [4.69, 9.17) is 0 Å². The predicted octanol–water partition coefficient (Wildman–Crippen LogP) is 11.7. The van der Waals surface area contributed by atoms with Crippen LogP contribution in [0.1, 0.15) is 22.3 Å². The molecule has 3 aliphatic rings. The molecular weight excluding hydrogens is 540 g/mol. The number of benzene rings is 8. The van der Waals surface area contributed by atoms with Crippen LogP contribution in [0, 0.1) is 0 Å². The van der Waals surface area contributed by atoms with Crippen molar-refractivity contribution < 1.29 is 0 Å². The van der Waals surface area contributed by atoms with E-state index in [1.54, 1.807) is 0 Å². The van der Waals surface area contributed by atoms with Gasteiger partial charge in [0.2, 0.25) is 0 Å². The van der Waals surface area contributed by atoms with E-state index in [2.05, 4.69) is 158 Å². The largest absolute Gasteiger partial charge is 0.0725 e. The SMILES string of the molecule is c1ccc2c(c1)-c1cccc3c(-c4ccc5c(c4)C4(c6ccccc6-c6ccccc64)c4cccc6cccc-5c46)ccc-2c13. The first-order chi connectivity index (χ1) is 22.3. The highest BCUT2D eigenvalue weighted by molar-refractivity contribution is 6.19. The van der Waals surface area contributed by atoms with Gasteiger partial charge in [0.05, 0.1) is 5.41 Å². The molecule has 11 rings (SSSR count). The molecule has 0 saturated heterocycles. The summed E-state index contributed by atoms with van der Waals surface area (Å²) in [5, 5.41) is 5.36. The van der Waals surface area contributed by atoms with Gasteiger partial charge in [0.25, 0.3) is 0 Å². The Labute approximate surface area is 261 Å². The minimum absolute atomic E-state index is 0.405. The third-order valence-electron chi connectivity index (χ3n) is 10.8. The van der Waals surface area contributed by atoms with Gasteiger partial charge in [0, 0.05) is 0 Å². The summed E-state index contributed by atoms with van der Waals surface area (Å²) in [4.78, 5) is 0. The van der Waals surface area contributed by atoms with Crippen LogP contribution in [-0.2, 0) is 5.41 Å². The molecule has 45 heavy (non-hydrogen) atoms. The lowest BCUT2D eigenvalue weighted by atomic mass is 9.61. The molecule has 0 aromatic heterocycles. The van der Waals surface area contributed by atoms with E-state index >= 15 is 0 Å². The average molecular weight is 567 g/mol. The van der Waals surface area contributed by atoms with E-state index in [1.165, 1.54) is 99.4 Å². The van der Waals surface area contributed by atoms with Crippen molar-refractivity contribution in [3.63, 3.8) is 0 Å². The average Bonchev–Trinajstić information content (AvgIpc) is 3.59. The first kappa shape index (κ1) is 23.7. The summed E-state index contributed by atoms with van der Waals surface area (Å²) in [5.41, 5.74) is 18.3. The molecule has 0 bridgehead atoms. The topological polar surface area (TPSA) is 0 Å². The molecule has 0 aliphatic heterocycles. The summed E-state index contributed by atoms with van der Waals surface area (Å²) in [6.07, 6.45) is 0. The van der Waals surface area contributed by atoms with Crippen molar-refractivity contribution in [1.29, 1.82) is 0 Å². The standard InChI is InChI=1S/C45H26/c1-2-13-31-30(12-1)36-18-9-17-35-29(24-25-38(31)44(35)36)28-22-23-34-37-16-7-10-27-11-8-21-41(43(27)37)45(42(34)26-28)39-19-5-3-14-32(39)33-15-4-6-20-40(33)45/h1-26H. The molecule has 0 unspecified atom stereocenters. The van der Waals surface area contributed by atoms with Crippen LogP contribution in [0.15, 0.2) is 158 Å². The molecule has 8 aromatic carbocycles. The highest BCUT2D eigenvalue weighted by atomic mass is 14.5. The fourth-order valence-corrected chi connectivity index (χ4v) is 9.16. The molecule has 0 N–H and O–H groups in total. The summed E-state index contributed by atoms with van der Waals surface area (Å²) in [6.45, 7) is 0. The maximum Gasteiger partial charge on any atom is 0.0725 e. The van der Waals surface area contributed by atoms with Crippen molar-refractivity contribution in [2.45, 2.75) is 5.41 Å². The summed E-state index contributed by atoms with van der Waals surface area (Å²) < 4.78 is 0. The fourth-order valence-electron chi connectivity index (χ4n) is 9.16. The van der Waals surface area contributed by atoms with Crippen molar-refractivity contribution in [2.24, 2.45) is 0 Å². The summed E-state index contributed by atoms with van der Waals surface area (Å²) in [5.74, 6) is 0. The number of hydrogen-bond donors (Lipinski definition) is 0. The molecule has 1 spiro atoms. The normalized spacial score (nSPS) is 14.0. The van der Waals surface area contributed by atoms with Crippen LogP contribution in [0.25, 0.3) is 77.2 Å². The Morgan fingerprint density at radius 3 is 1.51 bits per heavy atom. The second-order valence-electron chi connectivity index (χ2n) is 12.7. The molecule has 0 heterocycles. The number of hydrogen-bond acceptors (Lipinski definition) is 0. The van der Waals surface area contributed by atoms with Crippen molar-refractivity contribution in [2.75, 3.05) is 0 Å². The van der Waals surface area contributed by atoms with Gasteiger partial charge in [-0.2, -0.15) is 0 Å². The Hall–Kier alpha value is -5.72. The lowest BCUT2D eigenvalue weighted by Crippen LogP contribution is -2.31. The van der Waals surface area contributed by atoms with Crippen molar-refractivity contribution >= 4 is 21.5 Å². The summed E-state index contributed by atoms with van der Waals surface area (Å²) in [7, 11) is 0. The van der Waals surface area contributed by atoms with Crippen LogP contribution in [0.4, 0.5) is 0 Å². The zero-order valence-corrected chi connectivity index (χ0v) is 24.5. The van der Waals surface area contributed by atoms with Crippen molar-refractivity contribution in [3.8, 4) is 55.6 Å². The van der Waals surface area contributed by atoms with Crippen molar-refractivity contribution in [3.05, 3.63) is 180 Å². The molecule has 0 atom stereocenters. The minimum Gasteiger partial charge on any atom is -0.0619 e. The van der Waals surface area contributed by atoms with Crippen molar-refractivity contribution in [1.82, 2.24) is 0 Å². The molecule has 0 saturated carbocycles. The molecule has 0 radical (unpaired) electrons. The molecule has 206 valence electrons. The Balaban J connectivity index is 1.27. The highest BCUT2D eigenvalue weighted by Gasteiger charge is 2.50.